The van der Waals surface area contributed by atoms with E-state index in [0.29, 0.717) is 11.4 Å². The number of aromatic nitrogens is 3. The summed E-state index contributed by atoms with van der Waals surface area (Å²) in [7, 11) is 1.99. The molecular formula is C19H21BClN5O. The SMILES string of the molecule is Bc1cnn2c(NCCCN3CCCC3=O)cc(-c3ccccc3Cl)nc12. The van der Waals surface area contributed by atoms with Crippen molar-refractivity contribution in [2.75, 3.05) is 25.0 Å². The minimum Gasteiger partial charge on any atom is -0.370 e. The van der Waals surface area contributed by atoms with Crippen LogP contribution in [0.2, 0.25) is 5.02 Å². The Bertz CT molecular complexity index is 989. The lowest BCUT2D eigenvalue weighted by Gasteiger charge is -2.16. The van der Waals surface area contributed by atoms with Crippen molar-refractivity contribution in [3.8, 4) is 11.3 Å². The lowest BCUT2D eigenvalue weighted by atomic mass is 10.0. The standard InChI is InChI=1S/C19H21BClN5O/c20-14-12-23-26-17(22-8-4-10-25-9-3-7-18(25)27)11-16(24-19(14)26)13-5-1-2-6-15(13)21/h1-2,5-6,11-12,22H,3-4,7-10,20H2. The molecule has 8 heteroatoms. The minimum atomic E-state index is 0.269. The number of anilines is 1. The summed E-state index contributed by atoms with van der Waals surface area (Å²) in [5, 5.41) is 8.56. The average molecular weight is 382 g/mol. The zero-order valence-corrected chi connectivity index (χ0v) is 16.0. The molecule has 0 radical (unpaired) electrons. The number of hydrogen-bond acceptors (Lipinski definition) is 4. The van der Waals surface area contributed by atoms with Crippen molar-refractivity contribution in [3.05, 3.63) is 41.6 Å². The number of halogens is 1. The largest absolute Gasteiger partial charge is 0.370 e. The van der Waals surface area contributed by atoms with E-state index in [9.17, 15) is 4.79 Å². The predicted octanol–water partition coefficient (Wildman–Crippen LogP) is 1.73. The van der Waals surface area contributed by atoms with Crippen LogP contribution in [0.1, 0.15) is 19.3 Å². The molecule has 3 heterocycles. The van der Waals surface area contributed by atoms with Crippen molar-refractivity contribution in [1.82, 2.24) is 19.5 Å². The van der Waals surface area contributed by atoms with E-state index in [2.05, 4.69) is 10.4 Å². The van der Waals surface area contributed by atoms with Crippen molar-refractivity contribution >= 4 is 42.3 Å². The molecule has 1 fully saturated rings. The molecule has 0 unspecified atom stereocenters. The van der Waals surface area contributed by atoms with E-state index < -0.39 is 0 Å². The van der Waals surface area contributed by atoms with Crippen molar-refractivity contribution < 1.29 is 4.79 Å². The Balaban J connectivity index is 1.56. The van der Waals surface area contributed by atoms with E-state index in [1.165, 1.54) is 0 Å². The van der Waals surface area contributed by atoms with E-state index >= 15 is 0 Å². The first-order valence-corrected chi connectivity index (χ1v) is 9.63. The molecule has 4 rings (SSSR count). The molecule has 1 amide bonds. The van der Waals surface area contributed by atoms with Crippen LogP contribution >= 0.6 is 11.6 Å². The molecule has 6 nitrogen and oxygen atoms in total. The molecule has 3 aromatic rings. The van der Waals surface area contributed by atoms with Gasteiger partial charge in [0, 0.05) is 48.9 Å². The van der Waals surface area contributed by atoms with E-state index in [-0.39, 0.29) is 5.91 Å². The Morgan fingerprint density at radius 1 is 1.30 bits per heavy atom. The molecule has 1 aliphatic heterocycles. The number of hydrogen-bond donors (Lipinski definition) is 1. The van der Waals surface area contributed by atoms with Gasteiger partial charge in [-0.1, -0.05) is 29.8 Å². The summed E-state index contributed by atoms with van der Waals surface area (Å²) in [6, 6.07) is 9.67. The average Bonchev–Trinajstić information content (AvgIpc) is 3.25. The van der Waals surface area contributed by atoms with Gasteiger partial charge in [-0.25, -0.2) is 4.98 Å². The Hall–Kier alpha value is -2.54. The molecule has 1 aromatic carbocycles. The van der Waals surface area contributed by atoms with E-state index in [4.69, 9.17) is 16.6 Å². The predicted molar refractivity (Wildman–Crippen MR) is 111 cm³/mol. The Labute approximate surface area is 163 Å². The molecule has 0 atom stereocenters. The molecule has 1 aliphatic rings. The van der Waals surface area contributed by atoms with Crippen LogP contribution in [-0.4, -0.2) is 52.9 Å². The molecule has 138 valence electrons. The number of carbonyl (C=O) groups excluding carboxylic acids is 1. The third-order valence-electron chi connectivity index (χ3n) is 4.88. The highest BCUT2D eigenvalue weighted by Gasteiger charge is 2.19. The van der Waals surface area contributed by atoms with Gasteiger partial charge in [0.2, 0.25) is 5.91 Å². The fourth-order valence-corrected chi connectivity index (χ4v) is 3.66. The lowest BCUT2D eigenvalue weighted by molar-refractivity contribution is -0.127. The summed E-state index contributed by atoms with van der Waals surface area (Å²) in [5.41, 5.74) is 3.53. The second kappa shape index (κ2) is 7.60. The van der Waals surface area contributed by atoms with Crippen molar-refractivity contribution in [2.24, 2.45) is 0 Å². The summed E-state index contributed by atoms with van der Waals surface area (Å²) in [6.45, 7) is 2.42. The molecular weight excluding hydrogens is 361 g/mol. The molecule has 0 aliphatic carbocycles. The summed E-state index contributed by atoms with van der Waals surface area (Å²) in [5.74, 6) is 1.14. The highest BCUT2D eigenvalue weighted by atomic mass is 35.5. The van der Waals surface area contributed by atoms with E-state index in [1.807, 2.05) is 53.8 Å². The molecule has 0 bridgehead atoms. The number of fused-ring (bicyclic) bond motifs is 1. The van der Waals surface area contributed by atoms with Gasteiger partial charge in [0.25, 0.3) is 0 Å². The second-order valence-electron chi connectivity index (χ2n) is 6.83. The third kappa shape index (κ3) is 3.64. The van der Waals surface area contributed by atoms with Crippen LogP contribution in [0.15, 0.2) is 36.5 Å². The number of rotatable bonds is 6. The summed E-state index contributed by atoms with van der Waals surface area (Å²) in [6.07, 6.45) is 4.36. The minimum absolute atomic E-state index is 0.269. The maximum atomic E-state index is 11.7. The van der Waals surface area contributed by atoms with Crippen molar-refractivity contribution in [2.45, 2.75) is 19.3 Å². The van der Waals surface area contributed by atoms with Gasteiger partial charge >= 0.3 is 0 Å². The normalized spacial score (nSPS) is 14.3. The number of nitrogens with one attached hydrogen (secondary N) is 1. The fraction of sp³-hybridized carbons (Fsp3) is 0.316. The first-order valence-electron chi connectivity index (χ1n) is 9.25. The molecule has 2 aromatic heterocycles. The van der Waals surface area contributed by atoms with Gasteiger partial charge in [-0.3, -0.25) is 4.79 Å². The Morgan fingerprint density at radius 2 is 2.15 bits per heavy atom. The summed E-state index contributed by atoms with van der Waals surface area (Å²) >= 11 is 6.37. The Morgan fingerprint density at radius 3 is 2.93 bits per heavy atom. The monoisotopic (exact) mass is 381 g/mol. The molecule has 1 saturated heterocycles. The van der Waals surface area contributed by atoms with E-state index in [1.54, 1.807) is 0 Å². The first kappa shape index (κ1) is 17.9. The molecule has 1 N–H and O–H groups in total. The van der Waals surface area contributed by atoms with Gasteiger partial charge in [-0.2, -0.15) is 9.61 Å². The lowest BCUT2D eigenvalue weighted by Crippen LogP contribution is -2.27. The maximum Gasteiger partial charge on any atom is 0.222 e. The van der Waals surface area contributed by atoms with Crippen LogP contribution < -0.4 is 10.8 Å². The molecule has 0 spiro atoms. The summed E-state index contributed by atoms with van der Waals surface area (Å²) < 4.78 is 1.82. The van der Waals surface area contributed by atoms with E-state index in [0.717, 1.165) is 60.7 Å². The van der Waals surface area contributed by atoms with Gasteiger partial charge in [-0.05, 0) is 24.4 Å². The zero-order valence-electron chi connectivity index (χ0n) is 15.3. The number of carbonyl (C=O) groups is 1. The zero-order chi connectivity index (χ0) is 18.8. The van der Waals surface area contributed by atoms with Crippen LogP contribution in [0.4, 0.5) is 5.82 Å². The quantitative estimate of drug-likeness (QED) is 0.522. The van der Waals surface area contributed by atoms with Crippen LogP contribution in [0.25, 0.3) is 16.9 Å². The summed E-state index contributed by atoms with van der Waals surface area (Å²) in [4.78, 5) is 18.4. The fourth-order valence-electron chi connectivity index (χ4n) is 3.43. The maximum absolute atomic E-state index is 11.7. The van der Waals surface area contributed by atoms with Gasteiger partial charge in [0.15, 0.2) is 5.65 Å². The van der Waals surface area contributed by atoms with Crippen molar-refractivity contribution in [3.63, 3.8) is 0 Å². The van der Waals surface area contributed by atoms with Gasteiger partial charge in [0.1, 0.15) is 13.7 Å². The van der Waals surface area contributed by atoms with Gasteiger partial charge < -0.3 is 10.2 Å². The first-order chi connectivity index (χ1) is 13.1. The molecule has 27 heavy (non-hydrogen) atoms. The van der Waals surface area contributed by atoms with Gasteiger partial charge in [-0.15, -0.1) is 0 Å². The van der Waals surface area contributed by atoms with Gasteiger partial charge in [0.05, 0.1) is 5.69 Å². The number of amides is 1. The highest BCUT2D eigenvalue weighted by Crippen LogP contribution is 2.28. The number of nitrogens with zero attached hydrogens (tertiary/aromatic N) is 4. The number of benzene rings is 1. The second-order valence-corrected chi connectivity index (χ2v) is 7.24. The number of likely N-dealkylation sites (tertiary alicyclic amines) is 1. The van der Waals surface area contributed by atoms with Crippen LogP contribution in [0.5, 0.6) is 0 Å². The smallest absolute Gasteiger partial charge is 0.222 e. The topological polar surface area (TPSA) is 62.5 Å². The van der Waals surface area contributed by atoms with Crippen LogP contribution in [-0.2, 0) is 4.79 Å². The van der Waals surface area contributed by atoms with Crippen LogP contribution in [0, 0.1) is 0 Å². The Kier molecular flexibility index (Phi) is 5.03. The van der Waals surface area contributed by atoms with Crippen molar-refractivity contribution in [1.29, 1.82) is 0 Å². The highest BCUT2D eigenvalue weighted by molar-refractivity contribution is 6.36. The third-order valence-corrected chi connectivity index (χ3v) is 5.21. The van der Waals surface area contributed by atoms with Crippen LogP contribution in [0.3, 0.4) is 0 Å². The molecule has 0 saturated carbocycles.